The summed E-state index contributed by atoms with van der Waals surface area (Å²) in [5.74, 6) is -3.65. The van der Waals surface area contributed by atoms with Crippen molar-refractivity contribution in [1.29, 1.82) is 0 Å². The Morgan fingerprint density at radius 3 is 2.47 bits per heavy atom. The smallest absolute Gasteiger partial charge is 0.267 e. The van der Waals surface area contributed by atoms with Gasteiger partial charge in [-0.2, -0.15) is 10.2 Å². The molecule has 0 saturated carbocycles. The molecule has 0 radical (unpaired) electrons. The normalized spacial score (nSPS) is 10.6. The Morgan fingerprint density at radius 1 is 0.969 bits per heavy atom. The number of hydrogen-bond donors (Lipinski definition) is 1. The van der Waals surface area contributed by atoms with Gasteiger partial charge in [-0.15, -0.1) is 0 Å². The number of nitrogens with zero attached hydrogens (tertiary/aromatic N) is 3. The molecule has 1 amide bonds. The summed E-state index contributed by atoms with van der Waals surface area (Å²) in [6.45, 7) is 0. The first kappa shape index (κ1) is 20.8. The average Bonchev–Trinajstić information content (AvgIpc) is 2.78. The number of halogens is 3. The van der Waals surface area contributed by atoms with E-state index < -0.39 is 40.4 Å². The van der Waals surface area contributed by atoms with Crippen LogP contribution in [-0.4, -0.2) is 20.7 Å². The van der Waals surface area contributed by atoms with Gasteiger partial charge in [0.25, 0.3) is 11.5 Å². The molecule has 10 heteroatoms. The molecule has 32 heavy (non-hydrogen) atoms. The predicted molar refractivity (Wildman–Crippen MR) is 108 cm³/mol. The van der Waals surface area contributed by atoms with E-state index >= 15 is 0 Å². The number of ether oxygens (including phenoxy) is 1. The Kier molecular flexibility index (Phi) is 5.67. The van der Waals surface area contributed by atoms with Gasteiger partial charge in [0.05, 0.1) is 18.1 Å². The summed E-state index contributed by atoms with van der Waals surface area (Å²) in [5, 5.41) is 9.30. The third kappa shape index (κ3) is 4.33. The van der Waals surface area contributed by atoms with E-state index in [1.54, 1.807) is 0 Å². The monoisotopic (exact) mass is 438 g/mol. The van der Waals surface area contributed by atoms with E-state index in [9.17, 15) is 22.8 Å². The molecule has 0 aliphatic carbocycles. The molecule has 1 N–H and O–H groups in total. The molecule has 0 aliphatic rings. The number of anilines is 1. The van der Waals surface area contributed by atoms with Crippen LogP contribution in [0.1, 0.15) is 10.4 Å². The Morgan fingerprint density at radius 2 is 1.75 bits per heavy atom. The van der Waals surface area contributed by atoms with Crippen LogP contribution in [-0.2, 0) is 0 Å². The van der Waals surface area contributed by atoms with E-state index in [1.807, 2.05) is 0 Å². The predicted octanol–water partition coefficient (Wildman–Crippen LogP) is 4.09. The summed E-state index contributed by atoms with van der Waals surface area (Å²) < 4.78 is 48.4. The summed E-state index contributed by atoms with van der Waals surface area (Å²) in [6.07, 6.45) is 3.93. The Balaban J connectivity index is 1.59. The number of carbonyl (C=O) groups excluding carboxylic acids is 1. The van der Waals surface area contributed by atoms with Gasteiger partial charge >= 0.3 is 0 Å². The lowest BCUT2D eigenvalue weighted by Crippen LogP contribution is -2.28. The zero-order valence-electron chi connectivity index (χ0n) is 16.1. The zero-order chi connectivity index (χ0) is 22.7. The molecule has 0 unspecified atom stereocenters. The quantitative estimate of drug-likeness (QED) is 0.507. The number of nitrogens with one attached hydrogen (secondary N) is 1. The van der Waals surface area contributed by atoms with Crippen LogP contribution in [0.3, 0.4) is 0 Å². The van der Waals surface area contributed by atoms with Gasteiger partial charge in [-0.05, 0) is 36.4 Å². The Hall–Kier alpha value is -4.47. The van der Waals surface area contributed by atoms with E-state index in [-0.39, 0.29) is 11.3 Å². The van der Waals surface area contributed by atoms with Crippen molar-refractivity contribution in [1.82, 2.24) is 14.8 Å². The number of carbonyl (C=O) groups is 1. The van der Waals surface area contributed by atoms with Gasteiger partial charge in [0, 0.05) is 30.1 Å². The molecule has 0 atom stereocenters. The molecule has 2 aromatic carbocycles. The van der Waals surface area contributed by atoms with E-state index in [2.05, 4.69) is 15.5 Å². The highest BCUT2D eigenvalue weighted by atomic mass is 19.1. The van der Waals surface area contributed by atoms with Gasteiger partial charge in [0.2, 0.25) is 0 Å². The number of benzene rings is 2. The molecule has 0 bridgehead atoms. The zero-order valence-corrected chi connectivity index (χ0v) is 16.1. The van der Waals surface area contributed by atoms with Crippen molar-refractivity contribution in [2.24, 2.45) is 0 Å². The lowest BCUT2D eigenvalue weighted by Gasteiger charge is -2.11. The fourth-order valence-corrected chi connectivity index (χ4v) is 2.83. The lowest BCUT2D eigenvalue weighted by atomic mass is 10.2. The lowest BCUT2D eigenvalue weighted by molar-refractivity contribution is 0.102. The standard InChI is InChI=1S/C22H13F3N4O3/c23-13-3-5-14(6-4-13)29-9-1-2-16(22(29)31)21(30)28-19-10-18(25)20(11-17(19)24)32-15-7-8-26-27-12-15/h1-12H,(H,28,30). The van der Waals surface area contributed by atoms with Crippen molar-refractivity contribution in [3.63, 3.8) is 0 Å². The molecular weight excluding hydrogens is 425 g/mol. The van der Waals surface area contributed by atoms with E-state index in [0.29, 0.717) is 5.69 Å². The van der Waals surface area contributed by atoms with Gasteiger partial charge in [-0.25, -0.2) is 13.2 Å². The topological polar surface area (TPSA) is 86.1 Å². The Bertz CT molecular complexity index is 1340. The maximum absolute atomic E-state index is 14.5. The maximum atomic E-state index is 14.5. The molecule has 160 valence electrons. The molecule has 0 aliphatic heterocycles. The van der Waals surface area contributed by atoms with Gasteiger partial charge in [-0.3, -0.25) is 14.2 Å². The highest BCUT2D eigenvalue weighted by molar-refractivity contribution is 6.04. The van der Waals surface area contributed by atoms with Crippen LogP contribution in [0.5, 0.6) is 11.5 Å². The van der Waals surface area contributed by atoms with Gasteiger partial charge in [-0.1, -0.05) is 0 Å². The van der Waals surface area contributed by atoms with Crippen molar-refractivity contribution < 1.29 is 22.7 Å². The SMILES string of the molecule is O=C(Nc1cc(F)c(Oc2ccnnc2)cc1F)c1cccn(-c2ccc(F)cc2)c1=O. The first-order chi connectivity index (χ1) is 15.4. The minimum Gasteiger partial charge on any atom is -0.452 e. The van der Waals surface area contributed by atoms with E-state index in [0.717, 1.165) is 28.8 Å². The average molecular weight is 438 g/mol. The second kappa shape index (κ2) is 8.72. The van der Waals surface area contributed by atoms with Crippen LogP contribution < -0.4 is 15.6 Å². The number of hydrogen-bond acceptors (Lipinski definition) is 5. The van der Waals surface area contributed by atoms with Gasteiger partial charge in [0.15, 0.2) is 17.4 Å². The molecule has 4 rings (SSSR count). The van der Waals surface area contributed by atoms with Crippen LogP contribution in [0, 0.1) is 17.5 Å². The minimum absolute atomic E-state index is 0.140. The number of pyridine rings is 1. The van der Waals surface area contributed by atoms with Gasteiger partial charge < -0.3 is 10.1 Å². The number of rotatable bonds is 5. The van der Waals surface area contributed by atoms with Crippen molar-refractivity contribution in [3.05, 3.63) is 107 Å². The summed E-state index contributed by atoms with van der Waals surface area (Å²) in [4.78, 5) is 25.3. The number of amides is 1. The molecule has 0 fully saturated rings. The van der Waals surface area contributed by atoms with Crippen LogP contribution in [0.25, 0.3) is 5.69 Å². The Labute approximate surface area is 178 Å². The summed E-state index contributed by atoms with van der Waals surface area (Å²) in [5.41, 5.74) is -1.19. The van der Waals surface area contributed by atoms with Crippen molar-refractivity contribution in [3.8, 4) is 17.2 Å². The molecule has 4 aromatic rings. The first-order valence-corrected chi connectivity index (χ1v) is 9.15. The molecule has 0 spiro atoms. The number of aromatic nitrogens is 3. The first-order valence-electron chi connectivity index (χ1n) is 9.15. The van der Waals surface area contributed by atoms with Crippen LogP contribution in [0.4, 0.5) is 18.9 Å². The molecule has 2 heterocycles. The van der Waals surface area contributed by atoms with Crippen molar-refractivity contribution in [2.45, 2.75) is 0 Å². The maximum Gasteiger partial charge on any atom is 0.267 e. The second-order valence-corrected chi connectivity index (χ2v) is 6.47. The summed E-state index contributed by atoms with van der Waals surface area (Å²) >= 11 is 0. The molecule has 2 aromatic heterocycles. The van der Waals surface area contributed by atoms with E-state index in [4.69, 9.17) is 4.74 Å². The summed E-state index contributed by atoms with van der Waals surface area (Å²) in [7, 11) is 0. The van der Waals surface area contributed by atoms with Crippen molar-refractivity contribution in [2.75, 3.05) is 5.32 Å². The highest BCUT2D eigenvalue weighted by Crippen LogP contribution is 2.28. The fraction of sp³-hybridized carbons (Fsp3) is 0. The molecular formula is C22H13F3N4O3. The third-order valence-electron chi connectivity index (χ3n) is 4.35. The highest BCUT2D eigenvalue weighted by Gasteiger charge is 2.18. The van der Waals surface area contributed by atoms with E-state index in [1.165, 1.54) is 48.9 Å². The fourth-order valence-electron chi connectivity index (χ4n) is 2.83. The minimum atomic E-state index is -0.980. The van der Waals surface area contributed by atoms with Crippen LogP contribution >= 0.6 is 0 Å². The van der Waals surface area contributed by atoms with Crippen molar-refractivity contribution >= 4 is 11.6 Å². The summed E-state index contributed by atoms with van der Waals surface area (Å²) in [6, 6.07) is 10.6. The van der Waals surface area contributed by atoms with Gasteiger partial charge in [0.1, 0.15) is 17.1 Å². The molecule has 0 saturated heterocycles. The third-order valence-corrected chi connectivity index (χ3v) is 4.35. The largest absolute Gasteiger partial charge is 0.452 e. The molecule has 7 nitrogen and oxygen atoms in total. The second-order valence-electron chi connectivity index (χ2n) is 6.47. The van der Waals surface area contributed by atoms with Crippen LogP contribution in [0.2, 0.25) is 0 Å². The van der Waals surface area contributed by atoms with Crippen LogP contribution in [0.15, 0.2) is 78.0 Å².